The molecule has 0 atom stereocenters. The molecule has 2 rings (SSSR count). The van der Waals surface area contributed by atoms with Crippen LogP contribution in [-0.4, -0.2) is 50.9 Å². The number of carbonyl (C=O) groups is 1. The maximum atomic E-state index is 12.5. The molecule has 0 heterocycles. The highest BCUT2D eigenvalue weighted by molar-refractivity contribution is 7.89. The molecule has 0 radical (unpaired) electrons. The van der Waals surface area contributed by atoms with Crippen LogP contribution >= 0.6 is 12.4 Å². The van der Waals surface area contributed by atoms with Gasteiger partial charge >= 0.3 is 0 Å². The molecule has 1 aliphatic rings. The zero-order valence-corrected chi connectivity index (χ0v) is 18.7. The molecule has 8 heteroatoms. The van der Waals surface area contributed by atoms with Crippen molar-refractivity contribution in [3.8, 4) is 0 Å². The lowest BCUT2D eigenvalue weighted by atomic mass is 10.1. The Morgan fingerprint density at radius 3 is 2.18 bits per heavy atom. The molecule has 28 heavy (non-hydrogen) atoms. The summed E-state index contributed by atoms with van der Waals surface area (Å²) in [6, 6.07) is 6.55. The number of nitrogens with one attached hydrogen (secondary N) is 2. The number of rotatable bonds is 8. The van der Waals surface area contributed by atoms with Crippen LogP contribution in [0.2, 0.25) is 0 Å². The lowest BCUT2D eigenvalue weighted by Gasteiger charge is -2.21. The van der Waals surface area contributed by atoms with Crippen LogP contribution in [-0.2, 0) is 10.0 Å². The van der Waals surface area contributed by atoms with Gasteiger partial charge in [0.15, 0.2) is 0 Å². The minimum atomic E-state index is -3.53. The Hall–Kier alpha value is -1.15. The van der Waals surface area contributed by atoms with E-state index in [1.165, 1.54) is 55.0 Å². The van der Waals surface area contributed by atoms with E-state index in [0.29, 0.717) is 18.2 Å². The van der Waals surface area contributed by atoms with E-state index in [9.17, 15) is 13.2 Å². The summed E-state index contributed by atoms with van der Waals surface area (Å²) in [6.45, 7) is 4.96. The van der Waals surface area contributed by atoms with E-state index in [1.807, 2.05) is 13.8 Å². The van der Waals surface area contributed by atoms with Crippen LogP contribution in [0.5, 0.6) is 0 Å². The Balaban J connectivity index is 0.00000392. The molecule has 0 saturated heterocycles. The smallest absolute Gasteiger partial charge is 0.251 e. The van der Waals surface area contributed by atoms with E-state index in [2.05, 4.69) is 10.6 Å². The van der Waals surface area contributed by atoms with E-state index in [0.717, 1.165) is 6.54 Å². The van der Waals surface area contributed by atoms with Crippen molar-refractivity contribution in [2.24, 2.45) is 0 Å². The Kier molecular flexibility index (Phi) is 10.4. The first-order valence-electron chi connectivity index (χ1n) is 9.92. The fourth-order valence-electron chi connectivity index (χ4n) is 3.26. The van der Waals surface area contributed by atoms with Gasteiger partial charge in [-0.2, -0.15) is 4.31 Å². The number of hydrogen-bond acceptors (Lipinski definition) is 4. The summed E-state index contributed by atoms with van der Waals surface area (Å²) >= 11 is 0. The first-order chi connectivity index (χ1) is 12.8. The van der Waals surface area contributed by atoms with Gasteiger partial charge in [0.2, 0.25) is 10.0 Å². The minimum absolute atomic E-state index is 0. The molecule has 1 aromatic rings. The lowest BCUT2D eigenvalue weighted by Crippen LogP contribution is -2.37. The van der Waals surface area contributed by atoms with Crippen LogP contribution in [0.25, 0.3) is 0 Å². The van der Waals surface area contributed by atoms with Crippen LogP contribution in [0.1, 0.15) is 62.7 Å². The largest absolute Gasteiger partial charge is 0.351 e. The van der Waals surface area contributed by atoms with E-state index < -0.39 is 10.0 Å². The van der Waals surface area contributed by atoms with E-state index in [1.54, 1.807) is 19.2 Å². The van der Waals surface area contributed by atoms with Gasteiger partial charge in [-0.05, 0) is 51.0 Å². The van der Waals surface area contributed by atoms with Crippen LogP contribution in [0.4, 0.5) is 0 Å². The van der Waals surface area contributed by atoms with Crippen molar-refractivity contribution in [2.75, 3.05) is 20.1 Å². The third-order valence-electron chi connectivity index (χ3n) is 5.22. The van der Waals surface area contributed by atoms with E-state index in [4.69, 9.17) is 0 Å². The summed E-state index contributed by atoms with van der Waals surface area (Å²) < 4.78 is 26.2. The summed E-state index contributed by atoms with van der Waals surface area (Å²) in [5, 5.41) is 6.41. The topological polar surface area (TPSA) is 78.5 Å². The lowest BCUT2D eigenvalue weighted by molar-refractivity contribution is 0.0953. The van der Waals surface area contributed by atoms with Gasteiger partial charge in [0, 0.05) is 37.8 Å². The van der Waals surface area contributed by atoms with Crippen LogP contribution in [0, 0.1) is 0 Å². The van der Waals surface area contributed by atoms with Gasteiger partial charge in [-0.15, -0.1) is 12.4 Å². The van der Waals surface area contributed by atoms with Gasteiger partial charge in [-0.1, -0.05) is 25.7 Å². The number of sulfonamides is 1. The average molecular weight is 432 g/mol. The van der Waals surface area contributed by atoms with Crippen molar-refractivity contribution in [1.82, 2.24) is 14.9 Å². The molecule has 0 spiro atoms. The Morgan fingerprint density at radius 2 is 1.64 bits per heavy atom. The first-order valence-corrected chi connectivity index (χ1v) is 11.4. The number of halogens is 1. The molecule has 1 aromatic carbocycles. The quantitative estimate of drug-likeness (QED) is 0.489. The zero-order valence-electron chi connectivity index (χ0n) is 17.1. The van der Waals surface area contributed by atoms with Gasteiger partial charge in [-0.25, -0.2) is 8.42 Å². The summed E-state index contributed by atoms with van der Waals surface area (Å²) in [6.07, 6.45) is 7.65. The first kappa shape index (κ1) is 24.9. The summed E-state index contributed by atoms with van der Waals surface area (Å²) in [7, 11) is -1.97. The normalized spacial score (nSPS) is 15.9. The molecule has 1 amide bonds. The Labute approximate surface area is 175 Å². The number of amides is 1. The predicted octanol–water partition coefficient (Wildman–Crippen LogP) is 3.18. The maximum absolute atomic E-state index is 12.5. The number of nitrogens with zero attached hydrogens (tertiary/aromatic N) is 1. The molecule has 1 aliphatic carbocycles. The summed E-state index contributed by atoms with van der Waals surface area (Å²) in [5.74, 6) is -0.182. The molecule has 6 nitrogen and oxygen atoms in total. The molecule has 0 unspecified atom stereocenters. The van der Waals surface area contributed by atoms with Crippen molar-refractivity contribution >= 4 is 28.3 Å². The molecule has 0 aromatic heterocycles. The van der Waals surface area contributed by atoms with Crippen molar-refractivity contribution in [1.29, 1.82) is 0 Å². The SMILES string of the molecule is CC(C)N(C)S(=O)(=O)c1ccc(C(=O)NCCNC2CCCCCC2)cc1.Cl. The number of carbonyl (C=O) groups excluding carboxylic acids is 1. The molecule has 0 aliphatic heterocycles. The standard InChI is InChI=1S/C20H33N3O3S.ClH/c1-16(2)23(3)27(25,26)19-12-10-17(11-13-19)20(24)22-15-14-21-18-8-6-4-5-7-9-18;/h10-13,16,18,21H,4-9,14-15H2,1-3H3,(H,22,24);1H. The van der Waals surface area contributed by atoms with E-state index >= 15 is 0 Å². The zero-order chi connectivity index (χ0) is 19.9. The van der Waals surface area contributed by atoms with Gasteiger partial charge in [0.05, 0.1) is 4.90 Å². The maximum Gasteiger partial charge on any atom is 0.251 e. The van der Waals surface area contributed by atoms with Crippen molar-refractivity contribution in [2.45, 2.75) is 69.4 Å². The van der Waals surface area contributed by atoms with E-state index in [-0.39, 0.29) is 29.3 Å². The van der Waals surface area contributed by atoms with Crippen molar-refractivity contribution in [3.05, 3.63) is 29.8 Å². The molecule has 1 fully saturated rings. The number of benzene rings is 1. The Morgan fingerprint density at radius 1 is 1.07 bits per heavy atom. The fourth-order valence-corrected chi connectivity index (χ4v) is 4.63. The summed E-state index contributed by atoms with van der Waals surface area (Å²) in [5.41, 5.74) is 0.468. The average Bonchev–Trinajstić information content (AvgIpc) is 2.93. The second-order valence-electron chi connectivity index (χ2n) is 7.54. The summed E-state index contributed by atoms with van der Waals surface area (Å²) in [4.78, 5) is 12.5. The molecule has 0 bridgehead atoms. The third-order valence-corrected chi connectivity index (χ3v) is 7.27. The highest BCUT2D eigenvalue weighted by Gasteiger charge is 2.23. The fraction of sp³-hybridized carbons (Fsp3) is 0.650. The Bertz CT molecular complexity index is 700. The monoisotopic (exact) mass is 431 g/mol. The van der Waals surface area contributed by atoms with Crippen LogP contribution in [0.3, 0.4) is 0 Å². The predicted molar refractivity (Wildman–Crippen MR) is 116 cm³/mol. The van der Waals surface area contributed by atoms with Crippen LogP contribution in [0.15, 0.2) is 29.2 Å². The van der Waals surface area contributed by atoms with Gasteiger partial charge in [0.25, 0.3) is 5.91 Å². The molecule has 2 N–H and O–H groups in total. The van der Waals surface area contributed by atoms with Gasteiger partial charge < -0.3 is 10.6 Å². The number of hydrogen-bond donors (Lipinski definition) is 2. The van der Waals surface area contributed by atoms with Crippen molar-refractivity contribution < 1.29 is 13.2 Å². The second kappa shape index (κ2) is 11.8. The van der Waals surface area contributed by atoms with Gasteiger partial charge in [0.1, 0.15) is 0 Å². The molecular formula is C20H34ClN3O3S. The minimum Gasteiger partial charge on any atom is -0.351 e. The molecule has 1 saturated carbocycles. The van der Waals surface area contributed by atoms with Crippen LogP contribution < -0.4 is 10.6 Å². The molecule has 160 valence electrons. The van der Waals surface area contributed by atoms with Gasteiger partial charge in [-0.3, -0.25) is 4.79 Å². The third kappa shape index (κ3) is 7.03. The van der Waals surface area contributed by atoms with Crippen molar-refractivity contribution in [3.63, 3.8) is 0 Å². The highest BCUT2D eigenvalue weighted by Crippen LogP contribution is 2.18. The second-order valence-corrected chi connectivity index (χ2v) is 9.54. The highest BCUT2D eigenvalue weighted by atomic mass is 35.5. The molecular weight excluding hydrogens is 398 g/mol.